The van der Waals surface area contributed by atoms with E-state index in [1.54, 1.807) is 0 Å². The van der Waals surface area contributed by atoms with E-state index in [4.69, 9.17) is 23.7 Å². The number of carbonyl (C=O) groups is 1. The maximum atomic E-state index is 14.2. The van der Waals surface area contributed by atoms with Gasteiger partial charge in [-0.1, -0.05) is 27.7 Å². The number of rotatable bonds is 7. The summed E-state index contributed by atoms with van der Waals surface area (Å²) >= 11 is 0. The van der Waals surface area contributed by atoms with Gasteiger partial charge < -0.3 is 64.5 Å². The van der Waals surface area contributed by atoms with E-state index >= 15 is 0 Å². The third-order valence-corrected chi connectivity index (χ3v) is 18.5. The molecule has 21 unspecified atom stereocenters. The van der Waals surface area contributed by atoms with Crippen molar-refractivity contribution >= 4 is 5.97 Å². The Kier molecular flexibility index (Phi) is 10.4. The Morgan fingerprint density at radius 2 is 1.20 bits per heavy atom. The van der Waals surface area contributed by atoms with Crippen LogP contribution in [0, 0.1) is 56.7 Å². The van der Waals surface area contributed by atoms with Gasteiger partial charge in [0.2, 0.25) is 0 Å². The van der Waals surface area contributed by atoms with Crippen molar-refractivity contribution < 1.29 is 69.3 Å². The highest BCUT2D eigenvalue weighted by molar-refractivity contribution is 5.80. The highest BCUT2D eigenvalue weighted by Crippen LogP contribution is 2.79. The van der Waals surface area contributed by atoms with Gasteiger partial charge in [0, 0.05) is 11.3 Å². The molecule has 14 heteroatoms. The van der Waals surface area contributed by atoms with Crippen LogP contribution < -0.4 is 0 Å². The number of ether oxygens (including phenoxy) is 5. The topological polar surface area (TPSA) is 225 Å². The second-order valence-corrected chi connectivity index (χ2v) is 20.8. The average molecular weight is 797 g/mol. The molecule has 5 aliphatic carbocycles. The van der Waals surface area contributed by atoms with Gasteiger partial charge in [-0.15, -0.1) is 0 Å². The molecule has 56 heavy (non-hydrogen) atoms. The van der Waals surface area contributed by atoms with Gasteiger partial charge in [0.15, 0.2) is 12.6 Å². The minimum atomic E-state index is -1.78. The summed E-state index contributed by atoms with van der Waals surface area (Å²) in [5, 5.41) is 84.9. The smallest absolute Gasteiger partial charge is 0.313 e. The van der Waals surface area contributed by atoms with Gasteiger partial charge in [-0.3, -0.25) is 4.79 Å². The quantitative estimate of drug-likeness (QED) is 0.135. The van der Waals surface area contributed by atoms with Gasteiger partial charge in [0.1, 0.15) is 54.4 Å². The van der Waals surface area contributed by atoms with Crippen LogP contribution in [0.2, 0.25) is 0 Å². The lowest BCUT2D eigenvalue weighted by Gasteiger charge is -2.73. The Labute approximate surface area is 330 Å². The van der Waals surface area contributed by atoms with Crippen LogP contribution in [0.1, 0.15) is 106 Å². The van der Waals surface area contributed by atoms with Crippen molar-refractivity contribution in [1.82, 2.24) is 0 Å². The Bertz CT molecular complexity index is 1490. The summed E-state index contributed by atoms with van der Waals surface area (Å²) in [6.07, 6.45) is -6.87. The summed E-state index contributed by atoms with van der Waals surface area (Å²) in [5.74, 6) is 1.45. The van der Waals surface area contributed by atoms with Crippen molar-refractivity contribution in [1.29, 1.82) is 0 Å². The van der Waals surface area contributed by atoms with Gasteiger partial charge in [-0.25, -0.2) is 0 Å². The fourth-order valence-electron chi connectivity index (χ4n) is 15.4. The number of aliphatic hydroxyl groups excluding tert-OH is 8. The minimum absolute atomic E-state index is 0.0319. The normalized spacial score (nSPS) is 57.6. The van der Waals surface area contributed by atoms with Gasteiger partial charge in [-0.2, -0.15) is 0 Å². The molecule has 8 fully saturated rings. The van der Waals surface area contributed by atoms with E-state index in [1.807, 2.05) is 6.92 Å². The molecule has 3 aliphatic heterocycles. The number of hydrogen-bond donors (Lipinski definition) is 8. The maximum absolute atomic E-state index is 14.2. The van der Waals surface area contributed by atoms with E-state index in [0.29, 0.717) is 24.2 Å². The molecule has 8 aliphatic rings. The Hall–Kier alpha value is -1.01. The van der Waals surface area contributed by atoms with Crippen LogP contribution in [0.5, 0.6) is 0 Å². The van der Waals surface area contributed by atoms with Gasteiger partial charge in [-0.05, 0) is 118 Å². The van der Waals surface area contributed by atoms with Gasteiger partial charge in [0.25, 0.3) is 0 Å². The third-order valence-electron chi connectivity index (χ3n) is 18.5. The molecule has 3 heterocycles. The maximum Gasteiger partial charge on any atom is 0.313 e. The number of fused-ring (bicyclic) bond motifs is 5. The molecule has 320 valence electrons. The summed E-state index contributed by atoms with van der Waals surface area (Å²) in [6, 6.07) is 0. The van der Waals surface area contributed by atoms with E-state index in [0.717, 1.165) is 57.8 Å². The first-order valence-corrected chi connectivity index (χ1v) is 21.4. The van der Waals surface area contributed by atoms with Crippen molar-refractivity contribution in [3.63, 3.8) is 0 Å². The van der Waals surface area contributed by atoms with E-state index in [9.17, 15) is 45.6 Å². The fraction of sp³-hybridized carbons (Fsp3) is 0.976. The minimum Gasteiger partial charge on any atom is -0.459 e. The second kappa shape index (κ2) is 14.0. The zero-order chi connectivity index (χ0) is 40.5. The molecule has 2 bridgehead atoms. The highest BCUT2D eigenvalue weighted by atomic mass is 16.8. The van der Waals surface area contributed by atoms with Crippen LogP contribution in [-0.2, 0) is 28.5 Å². The summed E-state index contributed by atoms with van der Waals surface area (Å²) in [5.41, 5.74) is -1.87. The molecule has 0 spiro atoms. The van der Waals surface area contributed by atoms with Crippen LogP contribution >= 0.6 is 0 Å². The molecule has 5 saturated carbocycles. The van der Waals surface area contributed by atoms with Crippen molar-refractivity contribution in [2.75, 3.05) is 19.8 Å². The molecular weight excluding hydrogens is 728 g/mol. The van der Waals surface area contributed by atoms with Gasteiger partial charge in [0.05, 0.1) is 31.3 Å². The molecule has 0 aromatic carbocycles. The zero-order valence-corrected chi connectivity index (χ0v) is 34.0. The molecule has 21 atom stereocenters. The monoisotopic (exact) mass is 796 g/mol. The second-order valence-electron chi connectivity index (χ2n) is 20.8. The molecule has 0 aromatic rings. The Balaban J connectivity index is 1.05. The van der Waals surface area contributed by atoms with Crippen LogP contribution in [-0.4, -0.2) is 140 Å². The summed E-state index contributed by atoms with van der Waals surface area (Å²) in [7, 11) is 0. The molecule has 0 radical (unpaired) electrons. The molecule has 0 amide bonds. The first kappa shape index (κ1) is 41.7. The lowest BCUT2D eigenvalue weighted by molar-refractivity contribution is -0.379. The molecule has 8 rings (SSSR count). The molecule has 3 saturated heterocycles. The summed E-state index contributed by atoms with van der Waals surface area (Å²) < 4.78 is 30.6. The Morgan fingerprint density at radius 1 is 0.607 bits per heavy atom. The number of esters is 1. The highest BCUT2D eigenvalue weighted by Gasteiger charge is 2.76. The predicted molar refractivity (Wildman–Crippen MR) is 197 cm³/mol. The number of hydrogen-bond acceptors (Lipinski definition) is 14. The van der Waals surface area contributed by atoms with Crippen LogP contribution in [0.3, 0.4) is 0 Å². The molecular formula is C42H68O14. The van der Waals surface area contributed by atoms with E-state index in [2.05, 4.69) is 34.6 Å². The van der Waals surface area contributed by atoms with Crippen molar-refractivity contribution in [3.05, 3.63) is 0 Å². The zero-order valence-electron chi connectivity index (χ0n) is 34.0. The van der Waals surface area contributed by atoms with E-state index in [1.165, 1.54) is 0 Å². The largest absolute Gasteiger partial charge is 0.459 e. The lowest BCUT2D eigenvalue weighted by atomic mass is 9.31. The number of aliphatic hydroxyl groups is 8. The SMILES string of the molecule is CC1(C)OC(=O)C23CCC1C2CCC1(C)C3CCC2C3(C)CCC(OC4OC(CO)C(O)C(O)C4OC4OC(CO)C(O)C(O)C4O)C(C)(CO)C3CCC21C. The third kappa shape index (κ3) is 5.53. The first-order valence-electron chi connectivity index (χ1n) is 21.4. The van der Waals surface area contributed by atoms with Crippen LogP contribution in [0.25, 0.3) is 0 Å². The van der Waals surface area contributed by atoms with Crippen molar-refractivity contribution in [2.24, 2.45) is 56.7 Å². The summed E-state index contributed by atoms with van der Waals surface area (Å²) in [6.45, 7) is 12.1. The van der Waals surface area contributed by atoms with Gasteiger partial charge >= 0.3 is 5.97 Å². The number of cyclic esters (lactones) is 1. The Morgan fingerprint density at radius 3 is 1.86 bits per heavy atom. The van der Waals surface area contributed by atoms with E-state index in [-0.39, 0.29) is 40.7 Å². The van der Waals surface area contributed by atoms with Crippen molar-refractivity contribution in [2.45, 2.75) is 179 Å². The first-order chi connectivity index (χ1) is 26.3. The predicted octanol–water partition coefficient (Wildman–Crippen LogP) is 1.39. The average Bonchev–Trinajstić information content (AvgIpc) is 3.53. The number of carbonyl (C=O) groups excluding carboxylic acids is 1. The fourth-order valence-corrected chi connectivity index (χ4v) is 15.4. The van der Waals surface area contributed by atoms with Crippen LogP contribution in [0.4, 0.5) is 0 Å². The summed E-state index contributed by atoms with van der Waals surface area (Å²) in [4.78, 5) is 14.2. The van der Waals surface area contributed by atoms with E-state index < -0.39 is 97.2 Å². The molecule has 8 N–H and O–H groups in total. The van der Waals surface area contributed by atoms with Crippen LogP contribution in [0.15, 0.2) is 0 Å². The molecule has 0 aromatic heterocycles. The standard InChI is InChI=1S/C42H68O14/c1-37(2)20-10-16-42(36(51)56-37)21(20)9-14-41(6)26(42)8-7-25-38(3)13-12-27(39(4,19-45)24(38)11-15-40(25,41)5)54-35-33(31(49)29(47)23(18-44)53-35)55-34-32(50)30(48)28(46)22(17-43)52-34/h20-35,43-50H,7-19H2,1-6H3. The van der Waals surface area contributed by atoms with Crippen molar-refractivity contribution in [3.8, 4) is 0 Å². The molecule has 14 nitrogen and oxygen atoms in total. The lowest BCUT2D eigenvalue weighted by Crippen LogP contribution is -2.70.